The molecular weight excluding hydrogens is 214 g/mol. The number of aromatic nitrogens is 1. The Balaban J connectivity index is 2.01. The SMILES string of the molecule is CCCCCN1CC(=O)N[C@@H]1c1ccccn1. The summed E-state index contributed by atoms with van der Waals surface area (Å²) in [6.45, 7) is 3.63. The summed E-state index contributed by atoms with van der Waals surface area (Å²) in [4.78, 5) is 18.0. The smallest absolute Gasteiger partial charge is 0.235 e. The van der Waals surface area contributed by atoms with Crippen LogP contribution >= 0.6 is 0 Å². The van der Waals surface area contributed by atoms with Crippen molar-refractivity contribution in [3.8, 4) is 0 Å². The van der Waals surface area contributed by atoms with Crippen molar-refractivity contribution in [3.63, 3.8) is 0 Å². The van der Waals surface area contributed by atoms with Gasteiger partial charge in [-0.1, -0.05) is 25.8 Å². The van der Waals surface area contributed by atoms with Crippen molar-refractivity contribution in [2.24, 2.45) is 0 Å². The van der Waals surface area contributed by atoms with Gasteiger partial charge in [-0.3, -0.25) is 14.7 Å². The molecule has 1 fully saturated rings. The lowest BCUT2D eigenvalue weighted by Gasteiger charge is -2.22. The number of amides is 1. The van der Waals surface area contributed by atoms with E-state index in [1.807, 2.05) is 18.2 Å². The van der Waals surface area contributed by atoms with E-state index in [9.17, 15) is 4.79 Å². The highest BCUT2D eigenvalue weighted by Gasteiger charge is 2.30. The maximum absolute atomic E-state index is 11.5. The Hall–Kier alpha value is -1.42. The second-order valence-corrected chi connectivity index (χ2v) is 4.40. The van der Waals surface area contributed by atoms with Crippen molar-refractivity contribution in [1.29, 1.82) is 0 Å². The van der Waals surface area contributed by atoms with E-state index in [4.69, 9.17) is 0 Å². The quantitative estimate of drug-likeness (QED) is 0.787. The molecule has 4 nitrogen and oxygen atoms in total. The topological polar surface area (TPSA) is 45.2 Å². The van der Waals surface area contributed by atoms with Crippen molar-refractivity contribution in [3.05, 3.63) is 30.1 Å². The van der Waals surface area contributed by atoms with Crippen LogP contribution in [0.5, 0.6) is 0 Å². The summed E-state index contributed by atoms with van der Waals surface area (Å²) in [5, 5.41) is 2.97. The minimum absolute atomic E-state index is 0.0412. The highest BCUT2D eigenvalue weighted by atomic mass is 16.2. The monoisotopic (exact) mass is 233 g/mol. The van der Waals surface area contributed by atoms with Gasteiger partial charge in [-0.2, -0.15) is 0 Å². The lowest BCUT2D eigenvalue weighted by molar-refractivity contribution is -0.118. The molecule has 0 bridgehead atoms. The molecule has 0 saturated carbocycles. The van der Waals surface area contributed by atoms with E-state index in [0.29, 0.717) is 6.54 Å². The second kappa shape index (κ2) is 5.77. The van der Waals surface area contributed by atoms with E-state index in [1.54, 1.807) is 6.20 Å². The third-order valence-corrected chi connectivity index (χ3v) is 3.03. The molecule has 1 saturated heterocycles. The minimum Gasteiger partial charge on any atom is -0.334 e. The predicted octanol–water partition coefficient (Wildman–Crippen LogP) is 1.70. The largest absolute Gasteiger partial charge is 0.334 e. The summed E-state index contributed by atoms with van der Waals surface area (Å²) in [6, 6.07) is 5.81. The Morgan fingerprint density at radius 1 is 1.47 bits per heavy atom. The molecule has 0 aromatic carbocycles. The average molecular weight is 233 g/mol. The van der Waals surface area contributed by atoms with E-state index in [1.165, 1.54) is 12.8 Å². The fraction of sp³-hybridized carbons (Fsp3) is 0.538. The van der Waals surface area contributed by atoms with Gasteiger partial charge in [0.2, 0.25) is 5.91 Å². The molecule has 1 aromatic heterocycles. The van der Waals surface area contributed by atoms with Crippen molar-refractivity contribution >= 4 is 5.91 Å². The first-order valence-electron chi connectivity index (χ1n) is 6.25. The number of nitrogens with one attached hydrogen (secondary N) is 1. The first-order chi connectivity index (χ1) is 8.31. The summed E-state index contributed by atoms with van der Waals surface area (Å²) in [5.74, 6) is 0.0946. The molecular formula is C13H19N3O. The van der Waals surface area contributed by atoms with E-state index in [-0.39, 0.29) is 12.1 Å². The van der Waals surface area contributed by atoms with E-state index in [2.05, 4.69) is 22.1 Å². The molecule has 17 heavy (non-hydrogen) atoms. The summed E-state index contributed by atoms with van der Waals surface area (Å²) < 4.78 is 0. The summed E-state index contributed by atoms with van der Waals surface area (Å²) in [6.07, 6.45) is 5.27. The molecule has 1 N–H and O–H groups in total. The van der Waals surface area contributed by atoms with Gasteiger partial charge >= 0.3 is 0 Å². The highest BCUT2D eigenvalue weighted by Crippen LogP contribution is 2.20. The molecule has 1 atom stereocenters. The predicted molar refractivity (Wildman–Crippen MR) is 66.2 cm³/mol. The van der Waals surface area contributed by atoms with Gasteiger partial charge in [-0.15, -0.1) is 0 Å². The van der Waals surface area contributed by atoms with Crippen molar-refractivity contribution in [2.75, 3.05) is 13.1 Å². The van der Waals surface area contributed by atoms with Gasteiger partial charge in [-0.05, 0) is 18.6 Å². The average Bonchev–Trinajstić information content (AvgIpc) is 2.72. The molecule has 1 aliphatic rings. The zero-order valence-corrected chi connectivity index (χ0v) is 10.2. The molecule has 0 spiro atoms. The van der Waals surface area contributed by atoms with Crippen LogP contribution in [0.2, 0.25) is 0 Å². The number of hydrogen-bond acceptors (Lipinski definition) is 3. The molecule has 1 aliphatic heterocycles. The number of nitrogens with zero attached hydrogens (tertiary/aromatic N) is 2. The van der Waals surface area contributed by atoms with Crippen LogP contribution in [0.25, 0.3) is 0 Å². The lowest BCUT2D eigenvalue weighted by Crippen LogP contribution is -2.29. The standard InChI is InChI=1S/C13H19N3O/c1-2-3-6-9-16-10-12(17)15-13(16)11-7-4-5-8-14-11/h4-5,7-8,13H,2-3,6,9-10H2,1H3,(H,15,17)/t13-/m0/s1. The van der Waals surface area contributed by atoms with Crippen molar-refractivity contribution in [2.45, 2.75) is 32.4 Å². The van der Waals surface area contributed by atoms with Crippen LogP contribution in [-0.2, 0) is 4.79 Å². The Kier molecular flexibility index (Phi) is 4.09. The number of hydrogen-bond donors (Lipinski definition) is 1. The Labute approximate surface area is 102 Å². The molecule has 1 amide bonds. The van der Waals surface area contributed by atoms with Gasteiger partial charge in [0.15, 0.2) is 0 Å². The number of rotatable bonds is 5. The van der Waals surface area contributed by atoms with Crippen LogP contribution in [0.15, 0.2) is 24.4 Å². The van der Waals surface area contributed by atoms with Crippen LogP contribution in [0.4, 0.5) is 0 Å². The van der Waals surface area contributed by atoms with Crippen LogP contribution < -0.4 is 5.32 Å². The molecule has 0 radical (unpaired) electrons. The van der Waals surface area contributed by atoms with Crippen molar-refractivity contribution in [1.82, 2.24) is 15.2 Å². The van der Waals surface area contributed by atoms with Gasteiger partial charge in [0, 0.05) is 12.7 Å². The summed E-state index contributed by atoms with van der Waals surface area (Å²) in [7, 11) is 0. The molecule has 1 aromatic rings. The molecule has 2 rings (SSSR count). The Morgan fingerprint density at radius 3 is 3.06 bits per heavy atom. The van der Waals surface area contributed by atoms with Gasteiger partial charge in [0.25, 0.3) is 0 Å². The van der Waals surface area contributed by atoms with Crippen LogP contribution in [0.1, 0.15) is 38.0 Å². The van der Waals surface area contributed by atoms with Crippen molar-refractivity contribution < 1.29 is 4.79 Å². The zero-order chi connectivity index (χ0) is 12.1. The highest BCUT2D eigenvalue weighted by molar-refractivity contribution is 5.80. The van der Waals surface area contributed by atoms with E-state index in [0.717, 1.165) is 18.7 Å². The third-order valence-electron chi connectivity index (χ3n) is 3.03. The fourth-order valence-electron chi connectivity index (χ4n) is 2.14. The number of carbonyl (C=O) groups is 1. The molecule has 4 heteroatoms. The van der Waals surface area contributed by atoms with Gasteiger partial charge in [0.05, 0.1) is 12.2 Å². The summed E-state index contributed by atoms with van der Waals surface area (Å²) in [5.41, 5.74) is 0.926. The van der Waals surface area contributed by atoms with Crippen LogP contribution in [0, 0.1) is 0 Å². The van der Waals surface area contributed by atoms with E-state index >= 15 is 0 Å². The zero-order valence-electron chi connectivity index (χ0n) is 10.2. The van der Waals surface area contributed by atoms with Gasteiger partial charge in [0.1, 0.15) is 6.17 Å². The number of carbonyl (C=O) groups excluding carboxylic acids is 1. The van der Waals surface area contributed by atoms with E-state index < -0.39 is 0 Å². The van der Waals surface area contributed by atoms with Crippen LogP contribution in [-0.4, -0.2) is 28.9 Å². The maximum atomic E-state index is 11.5. The number of unbranched alkanes of at least 4 members (excludes halogenated alkanes) is 2. The number of pyridine rings is 1. The maximum Gasteiger partial charge on any atom is 0.235 e. The lowest BCUT2D eigenvalue weighted by atomic mass is 10.2. The molecule has 2 heterocycles. The van der Waals surface area contributed by atoms with Gasteiger partial charge in [-0.25, -0.2) is 0 Å². The first-order valence-corrected chi connectivity index (χ1v) is 6.25. The molecule has 0 aliphatic carbocycles. The third kappa shape index (κ3) is 3.03. The second-order valence-electron chi connectivity index (χ2n) is 4.40. The van der Waals surface area contributed by atoms with Gasteiger partial charge < -0.3 is 5.32 Å². The van der Waals surface area contributed by atoms with Crippen LogP contribution in [0.3, 0.4) is 0 Å². The normalized spacial score (nSPS) is 20.5. The summed E-state index contributed by atoms with van der Waals surface area (Å²) >= 11 is 0. The Bertz CT molecular complexity index is 366. The molecule has 92 valence electrons. The minimum atomic E-state index is -0.0412. The first kappa shape index (κ1) is 12.0. The Morgan fingerprint density at radius 2 is 2.35 bits per heavy atom. The molecule has 0 unspecified atom stereocenters. The fourth-order valence-corrected chi connectivity index (χ4v) is 2.14.